The van der Waals surface area contributed by atoms with Gasteiger partial charge in [0.05, 0.1) is 24.1 Å². The molecule has 1 amide bonds. The van der Waals surface area contributed by atoms with E-state index < -0.39 is 5.91 Å². The number of rotatable bonds is 4. The molecule has 116 valence electrons. The average Bonchev–Trinajstić information content (AvgIpc) is 3.09. The van der Waals surface area contributed by atoms with Gasteiger partial charge in [0.2, 0.25) is 5.89 Å². The Hall–Kier alpha value is -3.36. The molecule has 3 N–H and O–H groups in total. The molecule has 9 nitrogen and oxygen atoms in total. The maximum absolute atomic E-state index is 12.2. The molecule has 0 bridgehead atoms. The van der Waals surface area contributed by atoms with E-state index in [1.54, 1.807) is 19.2 Å². The number of nitrogens with one attached hydrogen (secondary N) is 1. The van der Waals surface area contributed by atoms with Crippen molar-refractivity contribution in [1.82, 2.24) is 30.2 Å². The van der Waals surface area contributed by atoms with Crippen molar-refractivity contribution in [3.8, 4) is 11.6 Å². The van der Waals surface area contributed by atoms with Gasteiger partial charge in [-0.1, -0.05) is 0 Å². The van der Waals surface area contributed by atoms with Crippen LogP contribution in [0, 0.1) is 6.92 Å². The molecule has 3 rings (SSSR count). The van der Waals surface area contributed by atoms with Crippen LogP contribution in [-0.2, 0) is 6.54 Å². The lowest BCUT2D eigenvalue weighted by Gasteiger charge is -2.08. The molecule has 9 heteroatoms. The van der Waals surface area contributed by atoms with E-state index in [-0.39, 0.29) is 18.1 Å². The fourth-order valence-electron chi connectivity index (χ4n) is 1.92. The number of aryl methyl sites for hydroxylation is 1. The number of nitrogens with zero attached hydrogens (tertiary/aromatic N) is 5. The SMILES string of the molecule is Cc1nc(C(=O)NCc2ccncn2)c(N)nc1-c1ncco1. The molecule has 0 radical (unpaired) electrons. The van der Waals surface area contributed by atoms with Crippen LogP contribution in [0.3, 0.4) is 0 Å². The number of carbonyl (C=O) groups is 1. The van der Waals surface area contributed by atoms with Gasteiger partial charge in [0.25, 0.3) is 5.91 Å². The molecule has 3 aromatic rings. The minimum atomic E-state index is -0.435. The van der Waals surface area contributed by atoms with Crippen LogP contribution in [-0.4, -0.2) is 30.8 Å². The summed E-state index contributed by atoms with van der Waals surface area (Å²) < 4.78 is 5.18. The number of hydrogen-bond donors (Lipinski definition) is 2. The number of carbonyl (C=O) groups excluding carboxylic acids is 1. The van der Waals surface area contributed by atoms with Gasteiger partial charge in [-0.15, -0.1) is 0 Å². The summed E-state index contributed by atoms with van der Waals surface area (Å²) in [6.45, 7) is 1.94. The van der Waals surface area contributed by atoms with E-state index in [0.717, 1.165) is 0 Å². The van der Waals surface area contributed by atoms with Crippen LogP contribution in [0.25, 0.3) is 11.6 Å². The summed E-state index contributed by atoms with van der Waals surface area (Å²) in [5.74, 6) is -0.130. The Morgan fingerprint density at radius 2 is 2.17 bits per heavy atom. The summed E-state index contributed by atoms with van der Waals surface area (Å²) in [5, 5.41) is 2.69. The van der Waals surface area contributed by atoms with Gasteiger partial charge in [-0.25, -0.2) is 24.9 Å². The highest BCUT2D eigenvalue weighted by Gasteiger charge is 2.18. The van der Waals surface area contributed by atoms with Crippen LogP contribution < -0.4 is 11.1 Å². The summed E-state index contributed by atoms with van der Waals surface area (Å²) in [4.78, 5) is 32.4. The second kappa shape index (κ2) is 6.18. The molecule has 0 aliphatic carbocycles. The van der Waals surface area contributed by atoms with Crippen molar-refractivity contribution < 1.29 is 9.21 Å². The predicted molar refractivity (Wildman–Crippen MR) is 79.9 cm³/mol. The van der Waals surface area contributed by atoms with E-state index in [1.165, 1.54) is 18.8 Å². The lowest BCUT2D eigenvalue weighted by molar-refractivity contribution is 0.0946. The van der Waals surface area contributed by atoms with E-state index in [2.05, 4.69) is 30.2 Å². The highest BCUT2D eigenvalue weighted by Crippen LogP contribution is 2.20. The Balaban J connectivity index is 1.80. The molecule has 0 fully saturated rings. The normalized spacial score (nSPS) is 10.5. The molecule has 0 aliphatic heterocycles. The van der Waals surface area contributed by atoms with E-state index in [9.17, 15) is 4.79 Å². The van der Waals surface area contributed by atoms with E-state index in [4.69, 9.17) is 10.2 Å². The van der Waals surface area contributed by atoms with Gasteiger partial charge >= 0.3 is 0 Å². The van der Waals surface area contributed by atoms with Crippen molar-refractivity contribution in [3.63, 3.8) is 0 Å². The monoisotopic (exact) mass is 311 g/mol. The largest absolute Gasteiger partial charge is 0.443 e. The second-order valence-corrected chi connectivity index (χ2v) is 4.61. The molecule has 3 heterocycles. The molecule has 0 saturated heterocycles. The number of nitrogen functional groups attached to an aromatic ring is 1. The van der Waals surface area contributed by atoms with E-state index in [1.807, 2.05) is 0 Å². The summed E-state index contributed by atoms with van der Waals surface area (Å²) >= 11 is 0. The Kier molecular flexibility index (Phi) is 3.91. The molecule has 0 aliphatic rings. The van der Waals surface area contributed by atoms with Gasteiger partial charge < -0.3 is 15.5 Å². The zero-order chi connectivity index (χ0) is 16.2. The van der Waals surface area contributed by atoms with Crippen molar-refractivity contribution in [3.05, 3.63) is 48.1 Å². The molecular weight excluding hydrogens is 298 g/mol. The summed E-state index contributed by atoms with van der Waals surface area (Å²) in [6.07, 6.45) is 5.92. The number of nitrogens with two attached hydrogens (primary N) is 1. The highest BCUT2D eigenvalue weighted by molar-refractivity contribution is 5.96. The van der Waals surface area contributed by atoms with Gasteiger partial charge in [0.15, 0.2) is 11.5 Å². The zero-order valence-corrected chi connectivity index (χ0v) is 12.2. The van der Waals surface area contributed by atoms with Crippen molar-refractivity contribution in [2.24, 2.45) is 0 Å². The molecular formula is C14H13N7O2. The third-order valence-electron chi connectivity index (χ3n) is 3.02. The molecule has 0 aromatic carbocycles. The highest BCUT2D eigenvalue weighted by atomic mass is 16.3. The standard InChI is InChI=1S/C14H13N7O2/c1-8-10(14-17-4-5-23-14)21-12(15)11(20-8)13(22)18-6-9-2-3-16-7-19-9/h2-5,7H,6H2,1H3,(H2,15,21)(H,18,22). The molecule has 0 saturated carbocycles. The van der Waals surface area contributed by atoms with Crippen molar-refractivity contribution in [2.45, 2.75) is 13.5 Å². The number of amides is 1. The third-order valence-corrected chi connectivity index (χ3v) is 3.02. The van der Waals surface area contributed by atoms with Crippen LogP contribution in [0.5, 0.6) is 0 Å². The molecule has 3 aromatic heterocycles. The molecule has 0 atom stereocenters. The Bertz CT molecular complexity index is 819. The first kappa shape index (κ1) is 14.6. The maximum atomic E-state index is 12.2. The molecule has 23 heavy (non-hydrogen) atoms. The van der Waals surface area contributed by atoms with Gasteiger partial charge in [-0.2, -0.15) is 0 Å². The first-order chi connectivity index (χ1) is 11.1. The van der Waals surface area contributed by atoms with Crippen molar-refractivity contribution in [1.29, 1.82) is 0 Å². The van der Waals surface area contributed by atoms with Gasteiger partial charge in [-0.05, 0) is 13.0 Å². The van der Waals surface area contributed by atoms with Crippen molar-refractivity contribution >= 4 is 11.7 Å². The molecule has 0 unspecified atom stereocenters. The summed E-state index contributed by atoms with van der Waals surface area (Å²) in [6, 6.07) is 1.70. The fourth-order valence-corrected chi connectivity index (χ4v) is 1.92. The topological polar surface area (TPSA) is 133 Å². The average molecular weight is 311 g/mol. The van der Waals surface area contributed by atoms with Crippen LogP contribution in [0.4, 0.5) is 5.82 Å². The lowest BCUT2D eigenvalue weighted by Crippen LogP contribution is -2.26. The lowest BCUT2D eigenvalue weighted by atomic mass is 10.2. The zero-order valence-electron chi connectivity index (χ0n) is 12.2. The van der Waals surface area contributed by atoms with Gasteiger partial charge in [0.1, 0.15) is 18.3 Å². The molecule has 0 spiro atoms. The summed E-state index contributed by atoms with van der Waals surface area (Å²) in [5.41, 5.74) is 7.46. The smallest absolute Gasteiger partial charge is 0.274 e. The quantitative estimate of drug-likeness (QED) is 0.721. The Morgan fingerprint density at radius 1 is 1.30 bits per heavy atom. The Labute approximate surface area is 131 Å². The van der Waals surface area contributed by atoms with Gasteiger partial charge in [-0.3, -0.25) is 4.79 Å². The number of anilines is 1. The predicted octanol–water partition coefficient (Wildman–Crippen LogP) is 0.742. The number of hydrogen-bond acceptors (Lipinski definition) is 8. The minimum Gasteiger partial charge on any atom is -0.443 e. The maximum Gasteiger partial charge on any atom is 0.274 e. The van der Waals surface area contributed by atoms with E-state index in [0.29, 0.717) is 23.0 Å². The van der Waals surface area contributed by atoms with Crippen LogP contribution in [0.15, 0.2) is 35.5 Å². The first-order valence-corrected chi connectivity index (χ1v) is 6.72. The number of aromatic nitrogens is 5. The Morgan fingerprint density at radius 3 is 2.87 bits per heavy atom. The second-order valence-electron chi connectivity index (χ2n) is 4.61. The van der Waals surface area contributed by atoms with E-state index >= 15 is 0 Å². The van der Waals surface area contributed by atoms with Crippen LogP contribution in [0.2, 0.25) is 0 Å². The van der Waals surface area contributed by atoms with Crippen LogP contribution >= 0.6 is 0 Å². The number of oxazole rings is 1. The van der Waals surface area contributed by atoms with Crippen molar-refractivity contribution in [2.75, 3.05) is 5.73 Å². The van der Waals surface area contributed by atoms with Gasteiger partial charge in [0, 0.05) is 6.20 Å². The van der Waals surface area contributed by atoms with Crippen LogP contribution in [0.1, 0.15) is 21.9 Å². The fraction of sp³-hybridized carbons (Fsp3) is 0.143. The first-order valence-electron chi connectivity index (χ1n) is 6.72. The third kappa shape index (κ3) is 3.12. The minimum absolute atomic E-state index is 0.00369. The summed E-state index contributed by atoms with van der Waals surface area (Å²) in [7, 11) is 0.